The van der Waals surface area contributed by atoms with Gasteiger partial charge in [0.1, 0.15) is 0 Å². The lowest BCUT2D eigenvalue weighted by Crippen LogP contribution is -1.88. The zero-order chi connectivity index (χ0) is 7.68. The Kier molecular flexibility index (Phi) is 2.23. The number of halogens is 1. The van der Waals surface area contributed by atoms with E-state index in [4.69, 9.17) is 0 Å². The Morgan fingerprint density at radius 3 is 3.00 bits per heavy atom. The highest BCUT2D eigenvalue weighted by Crippen LogP contribution is 2.41. The molecule has 11 heavy (non-hydrogen) atoms. The fourth-order valence-electron chi connectivity index (χ4n) is 1.14. The van der Waals surface area contributed by atoms with E-state index in [0.717, 1.165) is 17.7 Å². The molecule has 0 N–H and O–H groups in total. The smallest absolute Gasteiger partial charge is 0.0818 e. The lowest BCUT2D eigenvalue weighted by molar-refractivity contribution is 0.951. The molecule has 0 saturated heterocycles. The molecular formula is C7H9BrN2S. The third-order valence-electron chi connectivity index (χ3n) is 1.87. The molecule has 0 aromatic carbocycles. The molecule has 2 nitrogen and oxygen atoms in total. The monoisotopic (exact) mass is 232 g/mol. The first-order valence-corrected chi connectivity index (χ1v) is 5.68. The van der Waals surface area contributed by atoms with E-state index in [0.29, 0.717) is 0 Å². The van der Waals surface area contributed by atoms with E-state index in [2.05, 4.69) is 25.5 Å². The third kappa shape index (κ3) is 1.62. The molecule has 0 spiro atoms. The lowest BCUT2D eigenvalue weighted by Gasteiger charge is -1.93. The maximum Gasteiger partial charge on any atom is 0.0818 e. The average Bonchev–Trinajstić information content (AvgIpc) is 2.75. The third-order valence-corrected chi connectivity index (χ3v) is 3.06. The normalized spacial score (nSPS) is 17.2. The van der Waals surface area contributed by atoms with Gasteiger partial charge in [-0.1, -0.05) is 20.4 Å². The van der Waals surface area contributed by atoms with Crippen LogP contribution in [0.3, 0.4) is 0 Å². The van der Waals surface area contributed by atoms with Crippen molar-refractivity contribution in [3.8, 4) is 0 Å². The van der Waals surface area contributed by atoms with Gasteiger partial charge in [-0.3, -0.25) is 0 Å². The number of aryl methyl sites for hydroxylation is 1. The van der Waals surface area contributed by atoms with Crippen molar-refractivity contribution in [2.45, 2.75) is 25.2 Å². The molecule has 1 aromatic rings. The molecule has 1 fully saturated rings. The van der Waals surface area contributed by atoms with E-state index >= 15 is 0 Å². The summed E-state index contributed by atoms with van der Waals surface area (Å²) in [7, 11) is 0. The molecule has 0 atom stereocenters. The van der Waals surface area contributed by atoms with E-state index in [9.17, 15) is 0 Å². The molecular weight excluding hydrogens is 224 g/mol. The number of hydrogen-bond acceptors (Lipinski definition) is 3. The van der Waals surface area contributed by atoms with Gasteiger partial charge in [-0.2, -0.15) is 0 Å². The van der Waals surface area contributed by atoms with Crippen LogP contribution in [-0.2, 0) is 6.42 Å². The van der Waals surface area contributed by atoms with Crippen molar-refractivity contribution >= 4 is 27.5 Å². The van der Waals surface area contributed by atoms with Crippen LogP contribution in [0.1, 0.15) is 29.3 Å². The molecule has 0 bridgehead atoms. The summed E-state index contributed by atoms with van der Waals surface area (Å²) in [5, 5.41) is 5.17. The number of nitrogens with zero attached hydrogens (tertiary/aromatic N) is 2. The maximum absolute atomic E-state index is 4.14. The number of alkyl halides is 1. The molecule has 0 aliphatic heterocycles. The molecule has 1 aromatic heterocycles. The lowest BCUT2D eigenvalue weighted by atomic mass is 10.2. The SMILES string of the molecule is BrCCc1snnc1C1CC1. The standard InChI is InChI=1S/C7H9BrN2S/c8-4-3-6-7(5-1-2-5)9-10-11-6/h5H,1-4H2. The molecule has 1 saturated carbocycles. The maximum atomic E-state index is 4.14. The quantitative estimate of drug-likeness (QED) is 0.749. The summed E-state index contributed by atoms with van der Waals surface area (Å²) in [6.07, 6.45) is 3.73. The Balaban J connectivity index is 2.16. The zero-order valence-electron chi connectivity index (χ0n) is 6.09. The fourth-order valence-corrected chi connectivity index (χ4v) is 2.52. The Hall–Kier alpha value is 0.0400. The highest BCUT2D eigenvalue weighted by Gasteiger charge is 2.28. The van der Waals surface area contributed by atoms with E-state index in [-0.39, 0.29) is 0 Å². The van der Waals surface area contributed by atoms with Crippen LogP contribution in [-0.4, -0.2) is 14.9 Å². The number of rotatable bonds is 3. The second-order valence-corrected chi connectivity index (χ2v) is 4.43. The van der Waals surface area contributed by atoms with Crippen LogP contribution < -0.4 is 0 Å². The Labute approximate surface area is 78.3 Å². The van der Waals surface area contributed by atoms with E-state index < -0.39 is 0 Å². The van der Waals surface area contributed by atoms with Crippen molar-refractivity contribution in [2.75, 3.05) is 5.33 Å². The van der Waals surface area contributed by atoms with Crippen molar-refractivity contribution in [2.24, 2.45) is 0 Å². The summed E-state index contributed by atoms with van der Waals surface area (Å²) >= 11 is 4.98. The molecule has 1 heterocycles. The minimum absolute atomic E-state index is 0.753. The second kappa shape index (κ2) is 3.19. The van der Waals surface area contributed by atoms with Crippen LogP contribution in [0.2, 0.25) is 0 Å². The summed E-state index contributed by atoms with van der Waals surface area (Å²) in [4.78, 5) is 1.38. The minimum atomic E-state index is 0.753. The van der Waals surface area contributed by atoms with E-state index in [1.54, 1.807) is 11.5 Å². The summed E-state index contributed by atoms with van der Waals surface area (Å²) in [6, 6.07) is 0. The average molecular weight is 233 g/mol. The molecule has 0 amide bonds. The van der Waals surface area contributed by atoms with Crippen LogP contribution in [0, 0.1) is 0 Å². The Bertz CT molecular complexity index is 244. The van der Waals surface area contributed by atoms with Crippen LogP contribution in [0.15, 0.2) is 0 Å². The predicted octanol–water partition coefficient (Wildman–Crippen LogP) is 2.35. The van der Waals surface area contributed by atoms with E-state index in [1.165, 1.54) is 23.4 Å². The Morgan fingerprint density at radius 1 is 1.55 bits per heavy atom. The van der Waals surface area contributed by atoms with Crippen LogP contribution in [0.5, 0.6) is 0 Å². The first-order valence-electron chi connectivity index (χ1n) is 3.79. The summed E-state index contributed by atoms with van der Waals surface area (Å²) in [5.74, 6) is 0.753. The first-order chi connectivity index (χ1) is 5.42. The van der Waals surface area contributed by atoms with Crippen molar-refractivity contribution in [1.29, 1.82) is 0 Å². The van der Waals surface area contributed by atoms with E-state index in [1.807, 2.05) is 0 Å². The van der Waals surface area contributed by atoms with Crippen LogP contribution in [0.4, 0.5) is 0 Å². The van der Waals surface area contributed by atoms with Crippen LogP contribution >= 0.6 is 27.5 Å². The molecule has 2 rings (SSSR count). The predicted molar refractivity (Wildman–Crippen MR) is 49.4 cm³/mol. The molecule has 0 unspecified atom stereocenters. The molecule has 1 aliphatic rings. The summed E-state index contributed by atoms with van der Waals surface area (Å²) < 4.78 is 3.97. The second-order valence-electron chi connectivity index (χ2n) is 2.79. The largest absolute Gasteiger partial charge is 0.143 e. The highest BCUT2D eigenvalue weighted by atomic mass is 79.9. The van der Waals surface area contributed by atoms with Gasteiger partial charge < -0.3 is 0 Å². The van der Waals surface area contributed by atoms with Crippen molar-refractivity contribution in [3.63, 3.8) is 0 Å². The van der Waals surface area contributed by atoms with Gasteiger partial charge in [-0.25, -0.2) is 0 Å². The van der Waals surface area contributed by atoms with Crippen LogP contribution in [0.25, 0.3) is 0 Å². The van der Waals surface area contributed by atoms with Crippen molar-refractivity contribution in [3.05, 3.63) is 10.6 Å². The fraction of sp³-hybridized carbons (Fsp3) is 0.714. The zero-order valence-corrected chi connectivity index (χ0v) is 8.49. The minimum Gasteiger partial charge on any atom is -0.143 e. The number of aromatic nitrogens is 2. The topological polar surface area (TPSA) is 25.8 Å². The molecule has 4 heteroatoms. The van der Waals surface area contributed by atoms with Gasteiger partial charge in [0.05, 0.1) is 5.69 Å². The highest BCUT2D eigenvalue weighted by molar-refractivity contribution is 9.09. The molecule has 1 aliphatic carbocycles. The molecule has 0 radical (unpaired) electrons. The van der Waals surface area contributed by atoms with Gasteiger partial charge >= 0.3 is 0 Å². The van der Waals surface area contributed by atoms with Gasteiger partial charge in [-0.15, -0.1) is 5.10 Å². The van der Waals surface area contributed by atoms with Gasteiger partial charge in [-0.05, 0) is 30.8 Å². The van der Waals surface area contributed by atoms with Gasteiger partial charge in [0, 0.05) is 16.1 Å². The van der Waals surface area contributed by atoms with Crippen molar-refractivity contribution in [1.82, 2.24) is 9.59 Å². The number of hydrogen-bond donors (Lipinski definition) is 0. The summed E-state index contributed by atoms with van der Waals surface area (Å²) in [5.41, 5.74) is 1.27. The first kappa shape index (κ1) is 7.68. The van der Waals surface area contributed by atoms with Crippen molar-refractivity contribution < 1.29 is 0 Å². The molecule has 60 valence electrons. The van der Waals surface area contributed by atoms with Gasteiger partial charge in [0.2, 0.25) is 0 Å². The van der Waals surface area contributed by atoms with Gasteiger partial charge in [0.15, 0.2) is 0 Å². The Morgan fingerprint density at radius 2 is 2.36 bits per heavy atom. The summed E-state index contributed by atoms with van der Waals surface area (Å²) in [6.45, 7) is 0. The van der Waals surface area contributed by atoms with Gasteiger partial charge in [0.25, 0.3) is 0 Å².